The highest BCUT2D eigenvalue weighted by Gasteiger charge is 2.28. The summed E-state index contributed by atoms with van der Waals surface area (Å²) >= 11 is 1.66. The molecule has 0 N–H and O–H groups in total. The topological polar surface area (TPSA) is 55.6 Å². The minimum atomic E-state index is -0.0618. The Hall–Kier alpha value is -3.12. The van der Waals surface area contributed by atoms with Crippen LogP contribution in [0.25, 0.3) is 10.8 Å². The maximum absolute atomic E-state index is 12.9. The molecule has 5 rings (SSSR count). The minimum Gasteiger partial charge on any atom is -0.486 e. The highest BCUT2D eigenvalue weighted by atomic mass is 32.1. The van der Waals surface area contributed by atoms with Gasteiger partial charge in [0.15, 0.2) is 5.76 Å². The van der Waals surface area contributed by atoms with Crippen LogP contribution in [0.1, 0.15) is 40.1 Å². The number of hydrogen-bond acceptors (Lipinski definition) is 5. The first-order chi connectivity index (χ1) is 14.8. The highest BCUT2D eigenvalue weighted by Crippen LogP contribution is 2.29. The van der Waals surface area contributed by atoms with Crippen molar-refractivity contribution in [3.63, 3.8) is 0 Å². The maximum Gasteiger partial charge on any atom is 0.289 e. The molecule has 1 unspecified atom stereocenters. The van der Waals surface area contributed by atoms with Crippen LogP contribution in [0.15, 0.2) is 70.6 Å². The molecular formula is C24H22N2O3S. The van der Waals surface area contributed by atoms with Crippen molar-refractivity contribution < 1.29 is 13.9 Å². The van der Waals surface area contributed by atoms with Crippen molar-refractivity contribution >= 4 is 28.0 Å². The number of furan rings is 1. The Labute approximate surface area is 178 Å². The predicted octanol–water partition coefficient (Wildman–Crippen LogP) is 5.49. The van der Waals surface area contributed by atoms with Gasteiger partial charge in [0.25, 0.3) is 5.91 Å². The highest BCUT2D eigenvalue weighted by molar-refractivity contribution is 7.09. The van der Waals surface area contributed by atoms with Crippen molar-refractivity contribution in [3.05, 3.63) is 82.7 Å². The molecule has 0 bridgehead atoms. The molecule has 1 aliphatic rings. The van der Waals surface area contributed by atoms with Crippen LogP contribution in [0.3, 0.4) is 0 Å². The van der Waals surface area contributed by atoms with Crippen molar-refractivity contribution in [2.24, 2.45) is 0 Å². The van der Waals surface area contributed by atoms with E-state index in [0.29, 0.717) is 24.0 Å². The van der Waals surface area contributed by atoms with Crippen molar-refractivity contribution in [1.82, 2.24) is 9.88 Å². The van der Waals surface area contributed by atoms with Crippen LogP contribution in [0, 0.1) is 0 Å². The molecule has 5 nitrogen and oxygen atoms in total. The van der Waals surface area contributed by atoms with Gasteiger partial charge in [0.05, 0.1) is 5.01 Å². The molecule has 6 heteroatoms. The molecule has 1 amide bonds. The fraction of sp³-hybridized carbons (Fsp3) is 0.250. The van der Waals surface area contributed by atoms with E-state index < -0.39 is 0 Å². The van der Waals surface area contributed by atoms with Gasteiger partial charge in [-0.05, 0) is 47.9 Å². The van der Waals surface area contributed by atoms with Crippen molar-refractivity contribution in [2.75, 3.05) is 13.1 Å². The minimum absolute atomic E-state index is 0.0618. The Morgan fingerprint density at radius 2 is 2.07 bits per heavy atom. The zero-order valence-corrected chi connectivity index (χ0v) is 17.3. The predicted molar refractivity (Wildman–Crippen MR) is 117 cm³/mol. The molecule has 4 aromatic rings. The van der Waals surface area contributed by atoms with Gasteiger partial charge in [0.1, 0.15) is 18.1 Å². The molecule has 1 aliphatic heterocycles. The van der Waals surface area contributed by atoms with E-state index in [1.165, 1.54) is 5.39 Å². The molecule has 1 saturated heterocycles. The molecule has 152 valence electrons. The van der Waals surface area contributed by atoms with E-state index in [2.05, 4.69) is 17.1 Å². The Kier molecular flexibility index (Phi) is 5.24. The first-order valence-electron chi connectivity index (χ1n) is 10.2. The van der Waals surface area contributed by atoms with E-state index in [-0.39, 0.29) is 12.5 Å². The van der Waals surface area contributed by atoms with Crippen LogP contribution in [0.4, 0.5) is 0 Å². The number of fused-ring (bicyclic) bond motifs is 1. The van der Waals surface area contributed by atoms with Gasteiger partial charge in [-0.3, -0.25) is 4.79 Å². The van der Waals surface area contributed by atoms with Crippen LogP contribution in [0.5, 0.6) is 5.75 Å². The number of rotatable bonds is 5. The molecule has 1 fully saturated rings. The lowest BCUT2D eigenvalue weighted by Crippen LogP contribution is -2.38. The lowest BCUT2D eigenvalue weighted by atomic mass is 9.98. The first kappa shape index (κ1) is 18.9. The summed E-state index contributed by atoms with van der Waals surface area (Å²) in [5.41, 5.74) is 0. The summed E-state index contributed by atoms with van der Waals surface area (Å²) in [7, 11) is 0. The molecule has 2 aromatic heterocycles. The summed E-state index contributed by atoms with van der Waals surface area (Å²) in [6.07, 6.45) is 3.88. The number of aromatic nitrogens is 1. The van der Waals surface area contributed by atoms with Gasteiger partial charge in [-0.1, -0.05) is 30.3 Å². The van der Waals surface area contributed by atoms with Crippen molar-refractivity contribution in [1.29, 1.82) is 0 Å². The van der Waals surface area contributed by atoms with Crippen LogP contribution in [-0.4, -0.2) is 28.9 Å². The number of benzene rings is 2. The summed E-state index contributed by atoms with van der Waals surface area (Å²) in [4.78, 5) is 19.2. The largest absolute Gasteiger partial charge is 0.486 e. The normalized spacial score (nSPS) is 16.7. The number of piperidine rings is 1. The maximum atomic E-state index is 12.9. The fourth-order valence-corrected chi connectivity index (χ4v) is 4.70. The zero-order chi connectivity index (χ0) is 20.3. The van der Waals surface area contributed by atoms with Crippen LogP contribution < -0.4 is 4.74 Å². The van der Waals surface area contributed by atoms with Crippen LogP contribution >= 0.6 is 11.3 Å². The number of carbonyl (C=O) groups excluding carboxylic acids is 1. The molecule has 0 aliphatic carbocycles. The zero-order valence-electron chi connectivity index (χ0n) is 16.5. The van der Waals surface area contributed by atoms with E-state index in [0.717, 1.165) is 35.5 Å². The smallest absolute Gasteiger partial charge is 0.289 e. The molecule has 1 atom stereocenters. The van der Waals surface area contributed by atoms with E-state index in [1.807, 2.05) is 52.9 Å². The Morgan fingerprint density at radius 3 is 2.93 bits per heavy atom. The van der Waals surface area contributed by atoms with Crippen LogP contribution in [0.2, 0.25) is 0 Å². The number of hydrogen-bond donors (Lipinski definition) is 0. The van der Waals surface area contributed by atoms with E-state index in [9.17, 15) is 4.79 Å². The van der Waals surface area contributed by atoms with Gasteiger partial charge in [0.2, 0.25) is 0 Å². The average Bonchev–Trinajstić information content (AvgIpc) is 3.50. The number of ether oxygens (including phenoxy) is 1. The summed E-state index contributed by atoms with van der Waals surface area (Å²) in [6, 6.07) is 17.7. The average molecular weight is 419 g/mol. The third-order valence-corrected chi connectivity index (χ3v) is 6.42. The second kappa shape index (κ2) is 8.32. The molecule has 2 aromatic carbocycles. The molecule has 3 heterocycles. The fourth-order valence-electron chi connectivity index (χ4n) is 3.94. The SMILES string of the molecule is O=C(c1ccc(COc2ccc3ccccc3c2)o1)N1CCCC(c2nccs2)C1. The molecule has 30 heavy (non-hydrogen) atoms. The monoisotopic (exact) mass is 418 g/mol. The third-order valence-electron chi connectivity index (χ3n) is 5.48. The van der Waals surface area contributed by atoms with E-state index in [1.54, 1.807) is 17.4 Å². The van der Waals surface area contributed by atoms with Crippen LogP contribution in [-0.2, 0) is 6.61 Å². The first-order valence-corrected chi connectivity index (χ1v) is 11.0. The summed E-state index contributed by atoms with van der Waals surface area (Å²) in [6.45, 7) is 1.73. The summed E-state index contributed by atoms with van der Waals surface area (Å²) in [5, 5.41) is 5.40. The van der Waals surface area contributed by atoms with Gasteiger partial charge in [-0.15, -0.1) is 11.3 Å². The third kappa shape index (κ3) is 3.96. The number of nitrogens with zero attached hydrogens (tertiary/aromatic N) is 2. The van der Waals surface area contributed by atoms with Crippen molar-refractivity contribution in [2.45, 2.75) is 25.4 Å². The Balaban J connectivity index is 1.22. The lowest BCUT2D eigenvalue weighted by molar-refractivity contribution is 0.0671. The molecule has 0 radical (unpaired) electrons. The second-order valence-corrected chi connectivity index (χ2v) is 8.45. The Bertz CT molecular complexity index is 1150. The van der Waals surface area contributed by atoms with E-state index in [4.69, 9.17) is 9.15 Å². The number of likely N-dealkylation sites (tertiary alicyclic amines) is 1. The molecule has 0 spiro atoms. The standard InChI is InChI=1S/C24H22N2O3S/c27-24(26-12-3-6-19(15-26)23-25-11-13-30-23)22-10-9-21(29-22)16-28-20-8-7-17-4-1-2-5-18(17)14-20/h1-2,4-5,7-11,13-14,19H,3,6,12,15-16H2. The number of thiazole rings is 1. The lowest BCUT2D eigenvalue weighted by Gasteiger charge is -2.31. The van der Waals surface area contributed by atoms with Crippen molar-refractivity contribution in [3.8, 4) is 5.75 Å². The van der Waals surface area contributed by atoms with Gasteiger partial charge in [-0.25, -0.2) is 4.98 Å². The summed E-state index contributed by atoms with van der Waals surface area (Å²) in [5.74, 6) is 2.04. The van der Waals surface area contributed by atoms with Gasteiger partial charge < -0.3 is 14.1 Å². The number of amides is 1. The second-order valence-electron chi connectivity index (χ2n) is 7.52. The summed E-state index contributed by atoms with van der Waals surface area (Å²) < 4.78 is 11.7. The van der Waals surface area contributed by atoms with Gasteiger partial charge in [-0.2, -0.15) is 0 Å². The number of carbonyl (C=O) groups is 1. The Morgan fingerprint density at radius 1 is 1.17 bits per heavy atom. The van der Waals surface area contributed by atoms with Gasteiger partial charge in [0, 0.05) is 30.6 Å². The quantitative estimate of drug-likeness (QED) is 0.430. The molecule has 0 saturated carbocycles. The van der Waals surface area contributed by atoms with Gasteiger partial charge >= 0.3 is 0 Å². The van der Waals surface area contributed by atoms with E-state index >= 15 is 0 Å². The molecular weight excluding hydrogens is 396 g/mol.